The van der Waals surface area contributed by atoms with Gasteiger partial charge in [0, 0.05) is 29.4 Å². The fraction of sp³-hybridized carbons (Fsp3) is 0. The molecule has 0 radical (unpaired) electrons. The lowest BCUT2D eigenvalue weighted by Crippen LogP contribution is -2.29. The van der Waals surface area contributed by atoms with Crippen LogP contribution in [0.3, 0.4) is 0 Å². The molecule has 1 aliphatic rings. The van der Waals surface area contributed by atoms with Crippen LogP contribution >= 0.6 is 0 Å². The minimum absolute atomic E-state index is 0.225. The second-order valence-electron chi connectivity index (χ2n) is 6.46. The van der Waals surface area contributed by atoms with Crippen molar-refractivity contribution in [3.05, 3.63) is 79.0 Å². The van der Waals surface area contributed by atoms with E-state index >= 15 is 0 Å². The molecule has 1 N–H and O–H groups in total. The molecule has 0 aliphatic carbocycles. The molecule has 0 unspecified atom stereocenters. The number of aromatic nitrogens is 1. The van der Waals surface area contributed by atoms with Crippen molar-refractivity contribution in [1.82, 2.24) is 4.57 Å². The molecule has 5 rings (SSSR count). The first-order chi connectivity index (χ1) is 13.1. The van der Waals surface area contributed by atoms with Crippen molar-refractivity contribution in [3.8, 4) is 11.4 Å². The number of carbonyl (C=O) groups is 2. The van der Waals surface area contributed by atoms with Crippen molar-refractivity contribution in [3.63, 3.8) is 0 Å². The van der Waals surface area contributed by atoms with Gasteiger partial charge in [-0.2, -0.15) is 0 Å². The number of nitrogens with zero attached hydrogens (tertiary/aromatic N) is 2. The number of fused-ring (bicyclic) bond motifs is 2. The Bertz CT molecular complexity index is 1270. The highest BCUT2D eigenvalue weighted by atomic mass is 16.3. The van der Waals surface area contributed by atoms with E-state index in [-0.39, 0.29) is 17.6 Å². The second-order valence-corrected chi connectivity index (χ2v) is 6.46. The fourth-order valence-electron chi connectivity index (χ4n) is 3.56. The molecule has 3 aromatic carbocycles. The van der Waals surface area contributed by atoms with E-state index in [1.165, 1.54) is 17.1 Å². The van der Waals surface area contributed by atoms with Gasteiger partial charge in [-0.1, -0.05) is 30.3 Å². The van der Waals surface area contributed by atoms with Crippen LogP contribution in [0.2, 0.25) is 0 Å². The highest BCUT2D eigenvalue weighted by molar-refractivity contribution is 6.30. The Balaban J connectivity index is 1.73. The Labute approximate surface area is 154 Å². The van der Waals surface area contributed by atoms with Crippen LogP contribution in [0.4, 0.5) is 5.69 Å². The molecule has 5 heteroatoms. The quantitative estimate of drug-likeness (QED) is 0.555. The molecule has 1 aromatic heterocycles. The Kier molecular flexibility index (Phi) is 3.18. The summed E-state index contributed by atoms with van der Waals surface area (Å²) < 4.78 is 1.97. The molecule has 0 saturated carbocycles. The molecule has 130 valence electrons. The van der Waals surface area contributed by atoms with Crippen molar-refractivity contribution in [2.45, 2.75) is 0 Å². The number of imide groups is 1. The maximum absolute atomic E-state index is 12.2. The van der Waals surface area contributed by atoms with Crippen molar-refractivity contribution >= 4 is 39.2 Å². The predicted molar refractivity (Wildman–Crippen MR) is 104 cm³/mol. The highest BCUT2D eigenvalue weighted by Crippen LogP contribution is 2.34. The summed E-state index contributed by atoms with van der Waals surface area (Å²) in [6.07, 6.45) is 4.39. The first kappa shape index (κ1) is 15.4. The zero-order chi connectivity index (χ0) is 18.5. The van der Waals surface area contributed by atoms with Gasteiger partial charge in [-0.3, -0.25) is 9.59 Å². The lowest BCUT2D eigenvalue weighted by molar-refractivity contribution is -0.119. The molecule has 0 bridgehead atoms. The molecular weight excluding hydrogens is 340 g/mol. The number of hydrogen-bond acceptors (Lipinski definition) is 3. The Morgan fingerprint density at radius 1 is 0.778 bits per heavy atom. The number of aromatic hydroxyl groups is 1. The molecule has 4 aromatic rings. The van der Waals surface area contributed by atoms with Crippen LogP contribution < -0.4 is 4.90 Å². The highest BCUT2D eigenvalue weighted by Gasteiger charge is 2.28. The lowest BCUT2D eigenvalue weighted by Gasteiger charge is -2.12. The van der Waals surface area contributed by atoms with Gasteiger partial charge in [0.05, 0.1) is 11.2 Å². The van der Waals surface area contributed by atoms with Gasteiger partial charge in [0.15, 0.2) is 0 Å². The SMILES string of the molecule is O=C1C=CC(=O)N1c1cn(-c2ccc3cc(O)ccc3c2)c2ccccc12. The topological polar surface area (TPSA) is 62.5 Å². The van der Waals surface area contributed by atoms with Gasteiger partial charge in [0.25, 0.3) is 11.8 Å². The number of rotatable bonds is 2. The van der Waals surface area contributed by atoms with E-state index in [2.05, 4.69) is 0 Å². The smallest absolute Gasteiger partial charge is 0.258 e. The maximum atomic E-state index is 12.2. The molecule has 27 heavy (non-hydrogen) atoms. The number of phenolic OH excluding ortho intramolecular Hbond substituents is 1. The molecule has 0 spiro atoms. The molecule has 0 fully saturated rings. The summed E-state index contributed by atoms with van der Waals surface area (Å²) in [5.74, 6) is -0.448. The third-order valence-electron chi connectivity index (χ3n) is 4.83. The predicted octanol–water partition coefficient (Wildman–Crippen LogP) is 3.92. The molecule has 0 atom stereocenters. The zero-order valence-electron chi connectivity index (χ0n) is 14.2. The van der Waals surface area contributed by atoms with Crippen LogP contribution in [-0.4, -0.2) is 21.5 Å². The molecule has 0 saturated heterocycles. The summed E-state index contributed by atoms with van der Waals surface area (Å²) in [5.41, 5.74) is 2.37. The first-order valence-electron chi connectivity index (χ1n) is 8.51. The normalized spacial score (nSPS) is 14.0. The molecule has 5 nitrogen and oxygen atoms in total. The minimum Gasteiger partial charge on any atom is -0.508 e. The number of hydrogen-bond donors (Lipinski definition) is 1. The van der Waals surface area contributed by atoms with Gasteiger partial charge >= 0.3 is 0 Å². The van der Waals surface area contributed by atoms with Gasteiger partial charge in [-0.25, -0.2) is 4.90 Å². The lowest BCUT2D eigenvalue weighted by atomic mass is 10.1. The average Bonchev–Trinajstić information content (AvgIpc) is 3.21. The Morgan fingerprint density at radius 3 is 2.30 bits per heavy atom. The monoisotopic (exact) mass is 354 g/mol. The average molecular weight is 354 g/mol. The molecule has 1 aliphatic heterocycles. The van der Waals surface area contributed by atoms with Crippen LogP contribution in [-0.2, 0) is 9.59 Å². The standard InChI is InChI=1S/C22H14N2O3/c25-17-8-6-14-11-16(7-5-15(14)12-17)23-13-20(18-3-1-2-4-19(18)23)24-21(26)9-10-22(24)27/h1-13,25H. The number of benzene rings is 3. The van der Waals surface area contributed by atoms with Crippen molar-refractivity contribution in [2.24, 2.45) is 0 Å². The van der Waals surface area contributed by atoms with Gasteiger partial charge in [0.2, 0.25) is 0 Å². The number of phenols is 1. The van der Waals surface area contributed by atoms with Crippen LogP contribution in [0.15, 0.2) is 79.0 Å². The van der Waals surface area contributed by atoms with Gasteiger partial charge < -0.3 is 9.67 Å². The largest absolute Gasteiger partial charge is 0.508 e. The number of anilines is 1. The third-order valence-corrected chi connectivity index (χ3v) is 4.83. The summed E-state index contributed by atoms with van der Waals surface area (Å²) in [6, 6.07) is 18.8. The van der Waals surface area contributed by atoms with Crippen LogP contribution in [0.5, 0.6) is 5.75 Å². The zero-order valence-corrected chi connectivity index (χ0v) is 14.2. The van der Waals surface area contributed by atoms with Crippen molar-refractivity contribution in [1.29, 1.82) is 0 Å². The van der Waals surface area contributed by atoms with Crippen molar-refractivity contribution < 1.29 is 14.7 Å². The van der Waals surface area contributed by atoms with Gasteiger partial charge in [-0.15, -0.1) is 0 Å². The minimum atomic E-state index is -0.336. The van der Waals surface area contributed by atoms with E-state index in [4.69, 9.17) is 0 Å². The molecule has 2 heterocycles. The van der Waals surface area contributed by atoms with Crippen LogP contribution in [0.25, 0.3) is 27.4 Å². The van der Waals surface area contributed by atoms with E-state index in [9.17, 15) is 14.7 Å². The van der Waals surface area contributed by atoms with Crippen molar-refractivity contribution in [2.75, 3.05) is 4.90 Å². The first-order valence-corrected chi connectivity index (χ1v) is 8.51. The summed E-state index contributed by atoms with van der Waals surface area (Å²) >= 11 is 0. The number of para-hydroxylation sites is 1. The summed E-state index contributed by atoms with van der Waals surface area (Å²) in [5, 5.41) is 12.4. The Hall–Kier alpha value is -3.86. The van der Waals surface area contributed by atoms with E-state index < -0.39 is 0 Å². The molecular formula is C22H14N2O3. The summed E-state index contributed by atoms with van der Waals surface area (Å²) in [4.78, 5) is 25.5. The Morgan fingerprint density at radius 2 is 1.48 bits per heavy atom. The fourth-order valence-corrected chi connectivity index (χ4v) is 3.56. The van der Waals surface area contributed by atoms with Crippen LogP contribution in [0, 0.1) is 0 Å². The number of amides is 2. The molecule has 2 amide bonds. The third kappa shape index (κ3) is 2.33. The van der Waals surface area contributed by atoms with Gasteiger partial charge in [-0.05, 0) is 41.1 Å². The number of carbonyl (C=O) groups excluding carboxylic acids is 2. The van der Waals surface area contributed by atoms with Crippen LogP contribution in [0.1, 0.15) is 0 Å². The van der Waals surface area contributed by atoms with E-state index in [1.54, 1.807) is 12.1 Å². The summed E-state index contributed by atoms with van der Waals surface area (Å²) in [6.45, 7) is 0. The summed E-state index contributed by atoms with van der Waals surface area (Å²) in [7, 11) is 0. The second kappa shape index (κ2) is 5.57. The van der Waals surface area contributed by atoms with E-state index in [0.29, 0.717) is 5.69 Å². The van der Waals surface area contributed by atoms with Gasteiger partial charge in [0.1, 0.15) is 5.75 Å². The maximum Gasteiger partial charge on any atom is 0.258 e. The van der Waals surface area contributed by atoms with E-state index in [1.807, 2.05) is 59.3 Å². The van der Waals surface area contributed by atoms with E-state index in [0.717, 1.165) is 27.4 Å².